The van der Waals surface area contributed by atoms with Crippen LogP contribution in [0.5, 0.6) is 0 Å². The molecule has 2 aliphatic heterocycles. The van der Waals surface area contributed by atoms with Crippen LogP contribution in [0.4, 0.5) is 0 Å². The summed E-state index contributed by atoms with van der Waals surface area (Å²) >= 11 is 1.81. The van der Waals surface area contributed by atoms with Crippen LogP contribution in [-0.2, 0) is 4.79 Å². The lowest BCUT2D eigenvalue weighted by Gasteiger charge is -2.19. The number of carbonyl (C=O) groups is 1. The molecule has 2 aliphatic rings. The largest absolute Gasteiger partial charge is 0.341 e. The van der Waals surface area contributed by atoms with Crippen LogP contribution in [0.15, 0.2) is 0 Å². The van der Waals surface area contributed by atoms with Gasteiger partial charge in [0.05, 0.1) is 6.04 Å². The zero-order valence-electron chi connectivity index (χ0n) is 8.36. The van der Waals surface area contributed by atoms with E-state index in [9.17, 15) is 4.79 Å². The minimum Gasteiger partial charge on any atom is -0.341 e. The van der Waals surface area contributed by atoms with Gasteiger partial charge in [0.1, 0.15) is 0 Å². The first-order chi connectivity index (χ1) is 6.27. The Bertz CT molecular complexity index is 209. The van der Waals surface area contributed by atoms with Crippen LogP contribution in [0.1, 0.15) is 13.3 Å². The van der Waals surface area contributed by atoms with Gasteiger partial charge in [-0.15, -0.1) is 24.2 Å². The summed E-state index contributed by atoms with van der Waals surface area (Å²) < 4.78 is 0. The van der Waals surface area contributed by atoms with Gasteiger partial charge >= 0.3 is 0 Å². The van der Waals surface area contributed by atoms with E-state index in [2.05, 4.69) is 12.2 Å². The first kappa shape index (κ1) is 12.1. The molecule has 0 spiro atoms. The van der Waals surface area contributed by atoms with Crippen molar-refractivity contribution in [2.75, 3.05) is 24.7 Å². The van der Waals surface area contributed by atoms with Crippen LogP contribution < -0.4 is 5.32 Å². The van der Waals surface area contributed by atoms with Crippen molar-refractivity contribution < 1.29 is 4.79 Å². The fourth-order valence-corrected chi connectivity index (χ4v) is 2.84. The normalized spacial score (nSPS) is 31.6. The maximum Gasteiger partial charge on any atom is 0.240 e. The van der Waals surface area contributed by atoms with E-state index in [-0.39, 0.29) is 18.4 Å². The molecule has 2 atom stereocenters. The van der Waals surface area contributed by atoms with Crippen LogP contribution in [0.3, 0.4) is 0 Å². The molecule has 0 aromatic rings. The number of hydrogen-bond donors (Lipinski definition) is 1. The SMILES string of the molecule is CC1CCN(C(=O)C2CSCN2)C1.Cl. The molecule has 82 valence electrons. The minimum atomic E-state index is 0. The molecule has 2 saturated heterocycles. The smallest absolute Gasteiger partial charge is 0.240 e. The third kappa shape index (κ3) is 2.55. The van der Waals surface area contributed by atoms with E-state index in [1.54, 1.807) is 0 Å². The zero-order valence-corrected chi connectivity index (χ0v) is 10.00. The molecule has 0 bridgehead atoms. The Hall–Kier alpha value is 0.0700. The van der Waals surface area contributed by atoms with E-state index in [0.29, 0.717) is 11.8 Å². The molecular weight excluding hydrogens is 220 g/mol. The van der Waals surface area contributed by atoms with E-state index < -0.39 is 0 Å². The van der Waals surface area contributed by atoms with E-state index in [1.807, 2.05) is 16.7 Å². The predicted octanol–water partition coefficient (Wildman–Crippen LogP) is 0.939. The highest BCUT2D eigenvalue weighted by Gasteiger charge is 2.30. The fraction of sp³-hybridized carbons (Fsp3) is 0.889. The van der Waals surface area contributed by atoms with Gasteiger partial charge in [0, 0.05) is 24.7 Å². The topological polar surface area (TPSA) is 32.3 Å². The molecule has 5 heteroatoms. The molecule has 1 N–H and O–H groups in total. The summed E-state index contributed by atoms with van der Waals surface area (Å²) in [5.41, 5.74) is 0. The Morgan fingerprint density at radius 3 is 2.86 bits per heavy atom. The van der Waals surface area contributed by atoms with Crippen LogP contribution in [-0.4, -0.2) is 41.6 Å². The molecule has 0 saturated carbocycles. The van der Waals surface area contributed by atoms with E-state index in [1.165, 1.54) is 6.42 Å². The molecule has 2 unspecified atom stereocenters. The molecule has 2 rings (SSSR count). The standard InChI is InChI=1S/C9H16N2OS.ClH/c1-7-2-3-11(4-7)9(12)8-5-13-6-10-8;/h7-8,10H,2-6H2,1H3;1H. The van der Waals surface area contributed by atoms with Gasteiger partial charge in [-0.05, 0) is 12.3 Å². The van der Waals surface area contributed by atoms with Gasteiger partial charge in [-0.25, -0.2) is 0 Å². The lowest BCUT2D eigenvalue weighted by molar-refractivity contribution is -0.131. The van der Waals surface area contributed by atoms with Crippen LogP contribution in [0.2, 0.25) is 0 Å². The monoisotopic (exact) mass is 236 g/mol. The Balaban J connectivity index is 0.000000980. The molecule has 2 heterocycles. The molecule has 0 radical (unpaired) electrons. The van der Waals surface area contributed by atoms with E-state index in [4.69, 9.17) is 0 Å². The Kier molecular flexibility index (Phi) is 4.54. The highest BCUT2D eigenvalue weighted by Crippen LogP contribution is 2.18. The average molecular weight is 237 g/mol. The number of thioether (sulfide) groups is 1. The predicted molar refractivity (Wildman–Crippen MR) is 61.9 cm³/mol. The van der Waals surface area contributed by atoms with Crippen molar-refractivity contribution in [1.29, 1.82) is 0 Å². The minimum absolute atomic E-state index is 0. The van der Waals surface area contributed by atoms with Gasteiger partial charge in [-0.2, -0.15) is 0 Å². The molecule has 1 amide bonds. The number of amides is 1. The van der Waals surface area contributed by atoms with Crippen LogP contribution >= 0.6 is 24.2 Å². The number of hydrogen-bond acceptors (Lipinski definition) is 3. The van der Waals surface area contributed by atoms with Gasteiger partial charge in [0.15, 0.2) is 0 Å². The Morgan fingerprint density at radius 1 is 1.57 bits per heavy atom. The van der Waals surface area contributed by atoms with Crippen molar-refractivity contribution in [3.05, 3.63) is 0 Å². The van der Waals surface area contributed by atoms with Gasteiger partial charge in [0.25, 0.3) is 0 Å². The van der Waals surface area contributed by atoms with Crippen molar-refractivity contribution in [2.24, 2.45) is 5.92 Å². The lowest BCUT2D eigenvalue weighted by atomic mass is 10.2. The van der Waals surface area contributed by atoms with Gasteiger partial charge in [-0.1, -0.05) is 6.92 Å². The van der Waals surface area contributed by atoms with Gasteiger partial charge < -0.3 is 4.90 Å². The second kappa shape index (κ2) is 5.24. The zero-order chi connectivity index (χ0) is 9.26. The molecule has 3 nitrogen and oxygen atoms in total. The second-order valence-corrected chi connectivity index (χ2v) is 4.98. The number of likely N-dealkylation sites (tertiary alicyclic amines) is 1. The summed E-state index contributed by atoms with van der Waals surface area (Å²) in [6.07, 6.45) is 1.17. The summed E-state index contributed by atoms with van der Waals surface area (Å²) in [4.78, 5) is 13.9. The third-order valence-corrected chi connectivity index (χ3v) is 3.69. The molecule has 14 heavy (non-hydrogen) atoms. The van der Waals surface area contributed by atoms with Crippen molar-refractivity contribution in [1.82, 2.24) is 10.2 Å². The highest BCUT2D eigenvalue weighted by atomic mass is 35.5. The first-order valence-corrected chi connectivity index (χ1v) is 6.03. The molecule has 0 aromatic heterocycles. The third-order valence-electron chi connectivity index (χ3n) is 2.75. The van der Waals surface area contributed by atoms with Crippen molar-refractivity contribution in [3.8, 4) is 0 Å². The van der Waals surface area contributed by atoms with E-state index >= 15 is 0 Å². The van der Waals surface area contributed by atoms with Crippen LogP contribution in [0.25, 0.3) is 0 Å². The average Bonchev–Trinajstić information content (AvgIpc) is 2.72. The quantitative estimate of drug-likeness (QED) is 0.736. The number of nitrogens with one attached hydrogen (secondary N) is 1. The first-order valence-electron chi connectivity index (χ1n) is 4.87. The summed E-state index contributed by atoms with van der Waals surface area (Å²) in [5, 5.41) is 3.22. The number of rotatable bonds is 1. The summed E-state index contributed by atoms with van der Waals surface area (Å²) in [7, 11) is 0. The summed E-state index contributed by atoms with van der Waals surface area (Å²) in [5.74, 6) is 2.89. The summed E-state index contributed by atoms with van der Waals surface area (Å²) in [6, 6.07) is 0.0929. The maximum atomic E-state index is 11.8. The van der Waals surface area contributed by atoms with Crippen molar-refractivity contribution in [2.45, 2.75) is 19.4 Å². The lowest BCUT2D eigenvalue weighted by Crippen LogP contribution is -2.43. The Labute approximate surface area is 95.4 Å². The summed E-state index contributed by atoms with van der Waals surface area (Å²) in [6.45, 7) is 4.13. The fourth-order valence-electron chi connectivity index (χ4n) is 1.91. The van der Waals surface area contributed by atoms with Gasteiger partial charge in [0.2, 0.25) is 5.91 Å². The van der Waals surface area contributed by atoms with Gasteiger partial charge in [-0.3, -0.25) is 10.1 Å². The molecule has 0 aliphatic carbocycles. The number of nitrogens with zero attached hydrogens (tertiary/aromatic N) is 1. The van der Waals surface area contributed by atoms with E-state index in [0.717, 1.165) is 24.7 Å². The molecule has 0 aromatic carbocycles. The number of halogens is 1. The second-order valence-electron chi connectivity index (χ2n) is 3.95. The van der Waals surface area contributed by atoms with Crippen molar-refractivity contribution >= 4 is 30.1 Å². The Morgan fingerprint density at radius 2 is 2.36 bits per heavy atom. The maximum absolute atomic E-state index is 11.8. The molecule has 2 fully saturated rings. The number of carbonyl (C=O) groups excluding carboxylic acids is 1. The molecular formula is C9H17ClN2OS. The van der Waals surface area contributed by atoms with Crippen molar-refractivity contribution in [3.63, 3.8) is 0 Å². The highest BCUT2D eigenvalue weighted by molar-refractivity contribution is 7.99. The van der Waals surface area contributed by atoms with Crippen LogP contribution in [0, 0.1) is 5.92 Å².